The molecule has 5 aromatic rings. The predicted octanol–water partition coefficient (Wildman–Crippen LogP) is 8.77. The zero-order valence-electron chi connectivity index (χ0n) is 29.9. The minimum Gasteiger partial charge on any atom is -0.497 e. The third kappa shape index (κ3) is 8.95. The molecule has 2 bridgehead atoms. The van der Waals surface area contributed by atoms with E-state index in [-0.39, 0.29) is 26.4 Å². The van der Waals surface area contributed by atoms with Crippen LogP contribution >= 0.6 is 0 Å². The maximum atomic E-state index is 8.90. The molecule has 6 atom stereocenters. The number of benzene rings is 5. The highest BCUT2D eigenvalue weighted by Gasteiger charge is 2.30. The van der Waals surface area contributed by atoms with Crippen LogP contribution in [0.4, 0.5) is 0 Å². The lowest BCUT2D eigenvalue weighted by Gasteiger charge is -2.30. The molecule has 1 aliphatic heterocycles. The molecule has 7 nitrogen and oxygen atoms in total. The minimum absolute atomic E-state index is 0.0781. The number of hydrogen-bond donors (Lipinski definition) is 0. The van der Waals surface area contributed by atoms with E-state index < -0.39 is 37.6 Å². The van der Waals surface area contributed by atoms with Gasteiger partial charge in [0.2, 0.25) is 0 Å². The fourth-order valence-electron chi connectivity index (χ4n) is 6.06. The molecule has 1 aliphatic rings. The molecule has 1 heterocycles. The van der Waals surface area contributed by atoms with Gasteiger partial charge in [0.1, 0.15) is 35.9 Å². The van der Waals surface area contributed by atoms with Gasteiger partial charge < -0.3 is 33.2 Å². The van der Waals surface area contributed by atoms with Crippen LogP contribution < -0.4 is 9.47 Å². The molecule has 5 aromatic carbocycles. The molecule has 0 spiro atoms. The molecular weight excluding hydrogens is 616 g/mol. The molecule has 6 rings (SSSR count). The van der Waals surface area contributed by atoms with E-state index in [2.05, 4.69) is 0 Å². The molecule has 0 N–H and O–H groups in total. The van der Waals surface area contributed by atoms with Crippen LogP contribution in [0.5, 0.6) is 11.5 Å². The summed E-state index contributed by atoms with van der Waals surface area (Å²) in [5.74, 6) is 1.23. The number of fused-ring (bicyclic) bond motifs is 2. The Hall–Kier alpha value is -4.50. The summed E-state index contributed by atoms with van der Waals surface area (Å²) in [5.41, 5.74) is 4.99. The summed E-state index contributed by atoms with van der Waals surface area (Å²) in [5, 5.41) is 0. The van der Waals surface area contributed by atoms with Crippen molar-refractivity contribution in [2.45, 2.75) is 37.6 Å². The summed E-state index contributed by atoms with van der Waals surface area (Å²) in [6, 6.07) is 43.0. The highest BCUT2D eigenvalue weighted by atomic mass is 16.6. The first-order chi connectivity index (χ1) is 25.0. The minimum atomic E-state index is -1.08. The molecule has 0 saturated carbocycles. The smallest absolute Gasteiger partial charge is 0.130 e. The maximum Gasteiger partial charge on any atom is 0.130 e. The van der Waals surface area contributed by atoms with E-state index in [1.807, 2.05) is 133 Å². The highest BCUT2D eigenvalue weighted by Crippen LogP contribution is 2.40. The molecule has 49 heavy (non-hydrogen) atoms. The predicted molar refractivity (Wildman–Crippen MR) is 189 cm³/mol. The Balaban J connectivity index is 1.43. The van der Waals surface area contributed by atoms with Gasteiger partial charge in [-0.25, -0.2) is 0 Å². The summed E-state index contributed by atoms with van der Waals surface area (Å²) in [6.07, 6.45) is -2.51. The molecule has 0 aromatic heterocycles. The summed E-state index contributed by atoms with van der Waals surface area (Å²) >= 11 is 0. The van der Waals surface area contributed by atoms with Gasteiger partial charge in [0, 0.05) is 11.1 Å². The lowest BCUT2D eigenvalue weighted by atomic mass is 9.97. The quantitative estimate of drug-likeness (QED) is 0.180. The molecule has 0 aliphatic carbocycles. The summed E-state index contributed by atoms with van der Waals surface area (Å²) < 4.78 is 61.9. The van der Waals surface area contributed by atoms with Crippen LogP contribution in [-0.2, 0) is 36.9 Å². The van der Waals surface area contributed by atoms with Crippen LogP contribution in [0.3, 0.4) is 0 Å². The van der Waals surface area contributed by atoms with Crippen molar-refractivity contribution in [3.05, 3.63) is 167 Å². The molecule has 0 saturated heterocycles. The largest absolute Gasteiger partial charge is 0.497 e. The molecule has 0 radical (unpaired) electrons. The Morgan fingerprint density at radius 2 is 0.837 bits per heavy atom. The lowest BCUT2D eigenvalue weighted by molar-refractivity contribution is -0.109. The van der Waals surface area contributed by atoms with E-state index >= 15 is 0 Å². The molecule has 0 amide bonds. The van der Waals surface area contributed by atoms with E-state index in [1.165, 1.54) is 0 Å². The molecule has 4 unspecified atom stereocenters. The van der Waals surface area contributed by atoms with Crippen molar-refractivity contribution < 1.29 is 35.9 Å². The van der Waals surface area contributed by atoms with Gasteiger partial charge in [0.25, 0.3) is 0 Å². The van der Waals surface area contributed by atoms with Crippen molar-refractivity contribution >= 4 is 0 Å². The van der Waals surface area contributed by atoms with Gasteiger partial charge in [0.05, 0.1) is 56.6 Å². The van der Waals surface area contributed by atoms with Gasteiger partial charge in [-0.1, -0.05) is 121 Å². The highest BCUT2D eigenvalue weighted by molar-refractivity contribution is 5.47. The summed E-state index contributed by atoms with van der Waals surface area (Å²) in [7, 11) is 3.25. The Labute approximate surface area is 292 Å². The zero-order valence-corrected chi connectivity index (χ0v) is 27.9. The first-order valence-corrected chi connectivity index (χ1v) is 16.4. The fourth-order valence-corrected chi connectivity index (χ4v) is 6.06. The van der Waals surface area contributed by atoms with E-state index in [0.29, 0.717) is 11.5 Å². The van der Waals surface area contributed by atoms with Gasteiger partial charge in [-0.15, -0.1) is 0 Å². The number of rotatable bonds is 6. The summed E-state index contributed by atoms with van der Waals surface area (Å²) in [4.78, 5) is 0. The second kappa shape index (κ2) is 17.8. The standard InChI is InChI=1S/C42H44O7/c1-43-37-27-35-29-48-41(33-19-11-5-12-20-33)39(31-15-7-3-8-16-31)46-25-23-45-24-26-47-40(32-17-9-4-10-18-32)42(34-21-13-6-14-22-34)49-30-36(28-37)38(35)44-2/h3-22,27-28,39-42H,23-26,29-30H2,1-2H3/t39-,40?,41?,42-/m0/s1/i25D,26D/t25?,26?,39-,40?,41?,42-. The summed E-state index contributed by atoms with van der Waals surface area (Å²) in [6.45, 7) is -2.02. The second-order valence-corrected chi connectivity index (χ2v) is 11.6. The van der Waals surface area contributed by atoms with Gasteiger partial charge in [-0.3, -0.25) is 0 Å². The third-order valence-electron chi connectivity index (χ3n) is 8.41. The first-order valence-electron chi connectivity index (χ1n) is 17.6. The Kier molecular flexibility index (Phi) is 11.5. The van der Waals surface area contributed by atoms with Gasteiger partial charge >= 0.3 is 0 Å². The van der Waals surface area contributed by atoms with Crippen molar-refractivity contribution in [3.8, 4) is 11.5 Å². The van der Waals surface area contributed by atoms with Crippen LogP contribution in [0, 0.1) is 0 Å². The van der Waals surface area contributed by atoms with E-state index in [1.54, 1.807) is 14.2 Å². The van der Waals surface area contributed by atoms with Crippen molar-refractivity contribution in [1.82, 2.24) is 0 Å². The van der Waals surface area contributed by atoms with Crippen LogP contribution in [-0.4, -0.2) is 40.6 Å². The zero-order chi connectivity index (χ0) is 35.4. The average Bonchev–Trinajstić information content (AvgIpc) is 3.18. The van der Waals surface area contributed by atoms with Gasteiger partial charge in [-0.05, 0) is 34.4 Å². The number of hydrogen-bond acceptors (Lipinski definition) is 7. The maximum absolute atomic E-state index is 8.90. The van der Waals surface area contributed by atoms with Crippen molar-refractivity contribution in [1.29, 1.82) is 0 Å². The molecule has 254 valence electrons. The van der Waals surface area contributed by atoms with Crippen LogP contribution in [0.2, 0.25) is 0 Å². The van der Waals surface area contributed by atoms with Crippen molar-refractivity contribution in [2.24, 2.45) is 0 Å². The second-order valence-electron chi connectivity index (χ2n) is 11.6. The number of methoxy groups -OCH3 is 2. The monoisotopic (exact) mass is 662 g/mol. The average molecular weight is 663 g/mol. The van der Waals surface area contributed by atoms with Crippen LogP contribution in [0.15, 0.2) is 133 Å². The Morgan fingerprint density at radius 3 is 1.16 bits per heavy atom. The Morgan fingerprint density at radius 1 is 0.490 bits per heavy atom. The third-order valence-corrected chi connectivity index (χ3v) is 8.41. The number of ether oxygens (including phenoxy) is 7. The Bertz CT molecular complexity index is 1640. The lowest BCUT2D eigenvalue weighted by Crippen LogP contribution is -2.22. The SMILES string of the molecule is [2H]C1COCC([2H])O[C@@H](c2ccccc2)C(c2ccccc2)OCc2cc(OC)cc(c2OC)CO[C@@H](c2ccccc2)C(c2ccccc2)O1. The fraction of sp³-hybridized carbons (Fsp3) is 0.286. The van der Waals surface area contributed by atoms with E-state index in [9.17, 15) is 0 Å². The van der Waals surface area contributed by atoms with E-state index in [4.69, 9.17) is 35.9 Å². The van der Waals surface area contributed by atoms with Crippen LogP contribution in [0.25, 0.3) is 0 Å². The van der Waals surface area contributed by atoms with Crippen molar-refractivity contribution in [3.63, 3.8) is 0 Å². The van der Waals surface area contributed by atoms with Gasteiger partial charge in [0.15, 0.2) is 0 Å². The molecular formula is C42H44O7. The van der Waals surface area contributed by atoms with Crippen LogP contribution in [0.1, 0.15) is 60.5 Å². The normalized spacial score (nSPS) is 24.8. The first kappa shape index (κ1) is 31.7. The van der Waals surface area contributed by atoms with Gasteiger partial charge in [-0.2, -0.15) is 0 Å². The van der Waals surface area contributed by atoms with E-state index in [0.717, 1.165) is 33.4 Å². The van der Waals surface area contributed by atoms with Crippen molar-refractivity contribution in [2.75, 3.05) is 40.6 Å². The molecule has 7 heteroatoms. The topological polar surface area (TPSA) is 64.6 Å². The molecule has 0 fully saturated rings.